The van der Waals surface area contributed by atoms with Gasteiger partial charge in [-0.25, -0.2) is 0 Å². The van der Waals surface area contributed by atoms with E-state index >= 15 is 0 Å². The molecule has 0 bridgehead atoms. The molecule has 0 fully saturated rings. The van der Waals surface area contributed by atoms with Gasteiger partial charge in [-0.15, -0.1) is 6.58 Å². The molecule has 0 unspecified atom stereocenters. The lowest BCUT2D eigenvalue weighted by Crippen LogP contribution is -2.52. The third kappa shape index (κ3) is 8.39. The Hall–Kier alpha value is -3.75. The van der Waals surface area contributed by atoms with E-state index in [9.17, 15) is 22.8 Å². The van der Waals surface area contributed by atoms with E-state index in [1.54, 1.807) is 30.3 Å². The van der Waals surface area contributed by atoms with E-state index in [1.165, 1.54) is 6.92 Å². The Morgan fingerprint density at radius 3 is 2.39 bits per heavy atom. The van der Waals surface area contributed by atoms with Gasteiger partial charge in [-0.1, -0.05) is 42.0 Å². The largest absolute Gasteiger partial charge is 0.493 e. The van der Waals surface area contributed by atoms with Crippen LogP contribution < -0.4 is 20.1 Å². The third-order valence-electron chi connectivity index (χ3n) is 6.29. The molecule has 0 aromatic heterocycles. The van der Waals surface area contributed by atoms with E-state index in [4.69, 9.17) is 9.47 Å². The van der Waals surface area contributed by atoms with Crippen molar-refractivity contribution < 1.29 is 32.2 Å². The number of hydrogen-bond acceptors (Lipinski definition) is 4. The smallest absolute Gasteiger partial charge is 0.389 e. The number of nitrogens with one attached hydrogen (secondary N) is 2. The summed E-state index contributed by atoms with van der Waals surface area (Å²) < 4.78 is 48.3. The van der Waals surface area contributed by atoms with Crippen molar-refractivity contribution in [3.05, 3.63) is 77.9 Å². The minimum absolute atomic E-state index is 0.0521. The zero-order valence-electron chi connectivity index (χ0n) is 21.6. The second kappa shape index (κ2) is 12.7. The molecule has 0 saturated carbocycles. The molecule has 2 aromatic rings. The van der Waals surface area contributed by atoms with Crippen LogP contribution in [0.15, 0.2) is 66.8 Å². The standard InChI is InChI=1S/C29H33F3N2O4/c1-4-28(14-16-38-24-8-5-7-23(17-24)37-15-6-13-29(30,31)32)18-25(22-11-9-20(2)10-12-22)26(27(36)34-28)19-33-21(3)35/h4-5,7-12,17H,1,6,13-16,18-19H2,2-3H3,(H,33,35)(H,34,36)/t28-/m0/s1. The maximum absolute atomic E-state index is 13.2. The highest BCUT2D eigenvalue weighted by Gasteiger charge is 2.37. The van der Waals surface area contributed by atoms with Crippen LogP contribution in [0.5, 0.6) is 11.5 Å². The van der Waals surface area contributed by atoms with Crippen LogP contribution in [0.3, 0.4) is 0 Å². The Labute approximate surface area is 220 Å². The van der Waals surface area contributed by atoms with Crippen molar-refractivity contribution in [1.29, 1.82) is 0 Å². The molecular formula is C29H33F3N2O4. The van der Waals surface area contributed by atoms with Gasteiger partial charge in [0, 0.05) is 44.4 Å². The maximum atomic E-state index is 13.2. The number of benzene rings is 2. The van der Waals surface area contributed by atoms with E-state index in [2.05, 4.69) is 17.2 Å². The topological polar surface area (TPSA) is 76.7 Å². The quantitative estimate of drug-likeness (QED) is 0.280. The molecule has 2 amide bonds. The summed E-state index contributed by atoms with van der Waals surface area (Å²) in [4.78, 5) is 24.7. The van der Waals surface area contributed by atoms with Crippen LogP contribution in [-0.2, 0) is 9.59 Å². The summed E-state index contributed by atoms with van der Waals surface area (Å²) in [5.41, 5.74) is 2.54. The average Bonchev–Trinajstić information content (AvgIpc) is 2.86. The van der Waals surface area contributed by atoms with E-state index < -0.39 is 18.1 Å². The number of carbonyl (C=O) groups is 2. The SMILES string of the molecule is C=C[C@]1(CCOc2cccc(OCCCC(F)(F)F)c2)CC(c2ccc(C)cc2)=C(CNC(C)=O)C(=O)N1. The number of halogens is 3. The van der Waals surface area contributed by atoms with Crippen LogP contribution in [0.25, 0.3) is 5.57 Å². The monoisotopic (exact) mass is 530 g/mol. The van der Waals surface area contributed by atoms with Gasteiger partial charge in [0.2, 0.25) is 11.8 Å². The number of rotatable bonds is 12. The molecule has 1 atom stereocenters. The van der Waals surface area contributed by atoms with Crippen molar-refractivity contribution in [2.45, 2.75) is 51.2 Å². The van der Waals surface area contributed by atoms with Gasteiger partial charge in [-0.2, -0.15) is 13.2 Å². The van der Waals surface area contributed by atoms with Gasteiger partial charge in [-0.3, -0.25) is 9.59 Å². The van der Waals surface area contributed by atoms with Crippen LogP contribution in [0.4, 0.5) is 13.2 Å². The minimum Gasteiger partial charge on any atom is -0.493 e. The molecular weight excluding hydrogens is 497 g/mol. The lowest BCUT2D eigenvalue weighted by atomic mass is 9.79. The van der Waals surface area contributed by atoms with Crippen LogP contribution in [-0.4, -0.2) is 43.3 Å². The molecule has 0 aliphatic carbocycles. The predicted molar refractivity (Wildman–Crippen MR) is 140 cm³/mol. The maximum Gasteiger partial charge on any atom is 0.389 e. The first-order valence-electron chi connectivity index (χ1n) is 12.4. The molecule has 1 heterocycles. The van der Waals surface area contributed by atoms with Gasteiger partial charge < -0.3 is 20.1 Å². The molecule has 204 valence electrons. The highest BCUT2D eigenvalue weighted by Crippen LogP contribution is 2.35. The Morgan fingerprint density at radius 1 is 1.13 bits per heavy atom. The first-order valence-corrected chi connectivity index (χ1v) is 12.4. The number of ether oxygens (including phenoxy) is 2. The number of amides is 2. The molecule has 0 spiro atoms. The summed E-state index contributed by atoms with van der Waals surface area (Å²) in [7, 11) is 0. The van der Waals surface area contributed by atoms with Gasteiger partial charge in [0.15, 0.2) is 0 Å². The zero-order chi connectivity index (χ0) is 27.8. The lowest BCUT2D eigenvalue weighted by molar-refractivity contribution is -0.136. The van der Waals surface area contributed by atoms with Crippen molar-refractivity contribution in [3.63, 3.8) is 0 Å². The van der Waals surface area contributed by atoms with E-state index in [-0.39, 0.29) is 38.0 Å². The van der Waals surface area contributed by atoms with Crippen molar-refractivity contribution in [2.24, 2.45) is 0 Å². The summed E-state index contributed by atoms with van der Waals surface area (Å²) >= 11 is 0. The van der Waals surface area contributed by atoms with Gasteiger partial charge in [0.1, 0.15) is 11.5 Å². The van der Waals surface area contributed by atoms with E-state index in [0.717, 1.165) is 16.7 Å². The van der Waals surface area contributed by atoms with Gasteiger partial charge in [0.25, 0.3) is 0 Å². The highest BCUT2D eigenvalue weighted by molar-refractivity contribution is 6.04. The molecule has 1 aliphatic heterocycles. The molecule has 6 nitrogen and oxygen atoms in total. The summed E-state index contributed by atoms with van der Waals surface area (Å²) in [6, 6.07) is 14.6. The predicted octanol–water partition coefficient (Wildman–Crippen LogP) is 5.52. The number of hydrogen-bond donors (Lipinski definition) is 2. The molecule has 38 heavy (non-hydrogen) atoms. The lowest BCUT2D eigenvalue weighted by Gasteiger charge is -2.38. The first kappa shape index (κ1) is 28.8. The Balaban J connectivity index is 1.69. The van der Waals surface area contributed by atoms with Crippen molar-refractivity contribution in [2.75, 3.05) is 19.8 Å². The van der Waals surface area contributed by atoms with E-state index in [0.29, 0.717) is 29.9 Å². The second-order valence-corrected chi connectivity index (χ2v) is 9.36. The molecule has 1 aliphatic rings. The van der Waals surface area contributed by atoms with Crippen molar-refractivity contribution in [3.8, 4) is 11.5 Å². The van der Waals surface area contributed by atoms with Gasteiger partial charge in [0.05, 0.1) is 18.8 Å². The molecule has 2 N–H and O–H groups in total. The summed E-state index contributed by atoms with van der Waals surface area (Å²) in [6.07, 6.45) is -2.64. The van der Waals surface area contributed by atoms with Gasteiger partial charge in [-0.05, 0) is 36.6 Å². The van der Waals surface area contributed by atoms with Gasteiger partial charge >= 0.3 is 6.18 Å². The van der Waals surface area contributed by atoms with Crippen LogP contribution >= 0.6 is 0 Å². The molecule has 9 heteroatoms. The zero-order valence-corrected chi connectivity index (χ0v) is 21.6. The second-order valence-electron chi connectivity index (χ2n) is 9.36. The Morgan fingerprint density at radius 2 is 1.79 bits per heavy atom. The average molecular weight is 531 g/mol. The summed E-state index contributed by atoms with van der Waals surface area (Å²) in [5.74, 6) is 0.408. The fourth-order valence-electron chi connectivity index (χ4n) is 4.18. The Bertz CT molecular complexity index is 1180. The van der Waals surface area contributed by atoms with Crippen molar-refractivity contribution >= 4 is 17.4 Å². The fourth-order valence-corrected chi connectivity index (χ4v) is 4.18. The summed E-state index contributed by atoms with van der Waals surface area (Å²) in [6.45, 7) is 7.66. The molecule has 2 aromatic carbocycles. The number of alkyl halides is 3. The molecule has 3 rings (SSSR count). The third-order valence-corrected chi connectivity index (χ3v) is 6.29. The first-order chi connectivity index (χ1) is 18.0. The normalized spacial score (nSPS) is 17.6. The fraction of sp³-hybridized carbons (Fsp3) is 0.379. The summed E-state index contributed by atoms with van der Waals surface area (Å²) in [5, 5.41) is 5.77. The van der Waals surface area contributed by atoms with Crippen molar-refractivity contribution in [1.82, 2.24) is 10.6 Å². The van der Waals surface area contributed by atoms with Crippen LogP contribution in [0.1, 0.15) is 43.7 Å². The van der Waals surface area contributed by atoms with E-state index in [1.807, 2.05) is 31.2 Å². The number of carbonyl (C=O) groups excluding carboxylic acids is 2. The molecule has 0 radical (unpaired) electrons. The molecule has 0 saturated heterocycles. The highest BCUT2D eigenvalue weighted by atomic mass is 19.4. The minimum atomic E-state index is -4.21. The Kier molecular flexibility index (Phi) is 9.61. The van der Waals surface area contributed by atoms with Crippen LogP contribution in [0.2, 0.25) is 0 Å². The van der Waals surface area contributed by atoms with Crippen LogP contribution in [0, 0.1) is 6.92 Å². The number of aryl methyl sites for hydroxylation is 1.